The highest BCUT2D eigenvalue weighted by Gasteiger charge is 2.24. The summed E-state index contributed by atoms with van der Waals surface area (Å²) in [7, 11) is 0. The first-order valence-corrected chi connectivity index (χ1v) is 6.88. The Kier molecular flexibility index (Phi) is 4.30. The van der Waals surface area contributed by atoms with Crippen LogP contribution in [0.2, 0.25) is 5.02 Å². The zero-order chi connectivity index (χ0) is 13.1. The van der Waals surface area contributed by atoms with Crippen LogP contribution < -0.4 is 5.32 Å². The molecule has 5 heteroatoms. The lowest BCUT2D eigenvalue weighted by molar-refractivity contribution is 0.0698. The van der Waals surface area contributed by atoms with Gasteiger partial charge in [-0.3, -0.25) is 4.79 Å². The summed E-state index contributed by atoms with van der Waals surface area (Å²) in [5, 5.41) is 3.97. The van der Waals surface area contributed by atoms with Gasteiger partial charge in [-0.2, -0.15) is 0 Å². The Bertz CT molecular complexity index is 430. The van der Waals surface area contributed by atoms with Gasteiger partial charge in [0, 0.05) is 38.4 Å². The van der Waals surface area contributed by atoms with Crippen molar-refractivity contribution in [2.24, 2.45) is 0 Å². The Morgan fingerprint density at radius 3 is 3.06 bits per heavy atom. The van der Waals surface area contributed by atoms with Crippen LogP contribution in [0, 0.1) is 0 Å². The lowest BCUT2D eigenvalue weighted by atomic mass is 10.2. The van der Waals surface area contributed by atoms with E-state index in [-0.39, 0.29) is 5.91 Å². The second-order valence-corrected chi connectivity index (χ2v) is 5.28. The highest BCUT2D eigenvalue weighted by molar-refractivity contribution is 6.31. The molecule has 0 radical (unpaired) electrons. The third-order valence-electron chi connectivity index (χ3n) is 3.20. The number of rotatable bonds is 3. The summed E-state index contributed by atoms with van der Waals surface area (Å²) < 4.78 is 1.96. The lowest BCUT2D eigenvalue weighted by Crippen LogP contribution is -2.51. The number of amides is 1. The van der Waals surface area contributed by atoms with Crippen LogP contribution in [0.25, 0.3) is 0 Å². The minimum Gasteiger partial charge on any atom is -0.342 e. The number of nitrogens with zero attached hydrogens (tertiary/aromatic N) is 2. The van der Waals surface area contributed by atoms with Gasteiger partial charge in [0.15, 0.2) is 0 Å². The number of hydrogen-bond acceptors (Lipinski definition) is 2. The quantitative estimate of drug-likeness (QED) is 0.911. The van der Waals surface area contributed by atoms with E-state index in [1.807, 2.05) is 15.7 Å². The summed E-state index contributed by atoms with van der Waals surface area (Å²) in [6.45, 7) is 7.39. The Balaban J connectivity index is 2.17. The van der Waals surface area contributed by atoms with Crippen LogP contribution in [0.4, 0.5) is 0 Å². The van der Waals surface area contributed by atoms with Gasteiger partial charge >= 0.3 is 0 Å². The van der Waals surface area contributed by atoms with Gasteiger partial charge in [0.25, 0.3) is 5.91 Å². The average molecular weight is 270 g/mol. The zero-order valence-electron chi connectivity index (χ0n) is 10.9. The molecule has 0 bridgehead atoms. The number of piperazine rings is 1. The first kappa shape index (κ1) is 13.4. The molecule has 1 N–H and O–H groups in total. The predicted molar refractivity (Wildman–Crippen MR) is 73.1 cm³/mol. The van der Waals surface area contributed by atoms with Crippen molar-refractivity contribution in [3.05, 3.63) is 23.0 Å². The normalized spacial score (nSPS) is 20.2. The van der Waals surface area contributed by atoms with Crippen molar-refractivity contribution in [2.75, 3.05) is 19.6 Å². The molecule has 18 heavy (non-hydrogen) atoms. The molecule has 0 spiro atoms. The number of nitrogens with one attached hydrogen (secondary N) is 1. The maximum atomic E-state index is 12.5. The van der Waals surface area contributed by atoms with E-state index < -0.39 is 0 Å². The first-order chi connectivity index (χ1) is 8.61. The molecule has 1 amide bonds. The van der Waals surface area contributed by atoms with Crippen molar-refractivity contribution in [3.63, 3.8) is 0 Å². The highest BCUT2D eigenvalue weighted by atomic mass is 35.5. The molecular weight excluding hydrogens is 250 g/mol. The van der Waals surface area contributed by atoms with Gasteiger partial charge in [-0.1, -0.05) is 18.5 Å². The zero-order valence-corrected chi connectivity index (χ0v) is 11.7. The predicted octanol–water partition coefficient (Wildman–Crippen LogP) is 1.99. The smallest absolute Gasteiger partial charge is 0.270 e. The Hall–Kier alpha value is -1.00. The molecule has 0 aliphatic carbocycles. The van der Waals surface area contributed by atoms with Crippen molar-refractivity contribution in [1.82, 2.24) is 14.8 Å². The van der Waals surface area contributed by atoms with Crippen LogP contribution in [-0.4, -0.2) is 41.1 Å². The van der Waals surface area contributed by atoms with E-state index in [4.69, 9.17) is 11.6 Å². The molecule has 1 fully saturated rings. The fourth-order valence-corrected chi connectivity index (χ4v) is 2.58. The minimum atomic E-state index is 0.0868. The summed E-state index contributed by atoms with van der Waals surface area (Å²) in [5.74, 6) is 0.0868. The minimum absolute atomic E-state index is 0.0868. The van der Waals surface area contributed by atoms with Crippen LogP contribution in [0.3, 0.4) is 0 Å². The number of aryl methyl sites for hydroxylation is 1. The Labute approximate surface area is 113 Å². The number of aromatic nitrogens is 1. The van der Waals surface area contributed by atoms with E-state index in [9.17, 15) is 4.79 Å². The summed E-state index contributed by atoms with van der Waals surface area (Å²) in [6.07, 6.45) is 2.83. The molecule has 1 aliphatic heterocycles. The van der Waals surface area contributed by atoms with E-state index in [0.29, 0.717) is 16.8 Å². The number of carbonyl (C=O) groups is 1. The molecule has 1 atom stereocenters. The summed E-state index contributed by atoms with van der Waals surface area (Å²) in [4.78, 5) is 14.4. The van der Waals surface area contributed by atoms with E-state index >= 15 is 0 Å². The summed E-state index contributed by atoms with van der Waals surface area (Å²) >= 11 is 6.01. The largest absolute Gasteiger partial charge is 0.342 e. The van der Waals surface area contributed by atoms with Gasteiger partial charge in [0.1, 0.15) is 5.69 Å². The highest BCUT2D eigenvalue weighted by Crippen LogP contribution is 2.17. The Morgan fingerprint density at radius 2 is 2.39 bits per heavy atom. The third-order valence-corrected chi connectivity index (χ3v) is 3.41. The Morgan fingerprint density at radius 1 is 1.61 bits per heavy atom. The van der Waals surface area contributed by atoms with Crippen LogP contribution >= 0.6 is 11.6 Å². The van der Waals surface area contributed by atoms with Crippen molar-refractivity contribution >= 4 is 17.5 Å². The van der Waals surface area contributed by atoms with Gasteiger partial charge in [-0.25, -0.2) is 0 Å². The van der Waals surface area contributed by atoms with Crippen molar-refractivity contribution in [1.29, 1.82) is 0 Å². The van der Waals surface area contributed by atoms with E-state index in [1.165, 1.54) is 0 Å². The van der Waals surface area contributed by atoms with Gasteiger partial charge in [-0.15, -0.1) is 0 Å². The van der Waals surface area contributed by atoms with Gasteiger partial charge in [0.05, 0.1) is 5.02 Å². The molecule has 0 aromatic carbocycles. The van der Waals surface area contributed by atoms with Gasteiger partial charge < -0.3 is 14.8 Å². The maximum Gasteiger partial charge on any atom is 0.270 e. The van der Waals surface area contributed by atoms with Crippen molar-refractivity contribution in [2.45, 2.75) is 32.9 Å². The number of hydrogen-bond donors (Lipinski definition) is 1. The van der Waals surface area contributed by atoms with Crippen molar-refractivity contribution < 1.29 is 4.79 Å². The number of carbonyl (C=O) groups excluding carboxylic acids is 1. The summed E-state index contributed by atoms with van der Waals surface area (Å²) in [5.41, 5.74) is 0.705. The SMILES string of the molecule is CCCn1cc(Cl)cc1C(=O)N1CCN[C@@H](C)C1. The average Bonchev–Trinajstić information content (AvgIpc) is 2.70. The van der Waals surface area contributed by atoms with Crippen LogP contribution in [0.15, 0.2) is 12.3 Å². The molecule has 2 rings (SSSR count). The van der Waals surface area contributed by atoms with E-state index in [2.05, 4.69) is 19.2 Å². The van der Waals surface area contributed by atoms with Crippen LogP contribution in [-0.2, 0) is 6.54 Å². The molecule has 4 nitrogen and oxygen atoms in total. The van der Waals surface area contributed by atoms with Gasteiger partial charge in [-0.05, 0) is 19.4 Å². The maximum absolute atomic E-state index is 12.5. The summed E-state index contributed by atoms with van der Waals surface area (Å²) in [6, 6.07) is 2.12. The third kappa shape index (κ3) is 2.87. The van der Waals surface area contributed by atoms with Gasteiger partial charge in [0.2, 0.25) is 0 Å². The molecular formula is C13H20ClN3O. The van der Waals surface area contributed by atoms with E-state index in [1.54, 1.807) is 6.07 Å². The molecule has 0 saturated carbocycles. The molecule has 1 aliphatic rings. The fraction of sp³-hybridized carbons (Fsp3) is 0.615. The lowest BCUT2D eigenvalue weighted by Gasteiger charge is -2.32. The fourth-order valence-electron chi connectivity index (χ4n) is 2.36. The number of halogens is 1. The monoisotopic (exact) mass is 269 g/mol. The molecule has 2 heterocycles. The molecule has 1 saturated heterocycles. The van der Waals surface area contributed by atoms with E-state index in [0.717, 1.165) is 32.6 Å². The van der Waals surface area contributed by atoms with Crippen LogP contribution in [0.5, 0.6) is 0 Å². The standard InChI is InChI=1S/C13H20ClN3O/c1-3-5-16-9-11(14)7-12(16)13(18)17-6-4-15-10(2)8-17/h7,9-10,15H,3-6,8H2,1-2H3/t10-/m0/s1. The molecule has 1 aromatic heterocycles. The second kappa shape index (κ2) is 5.76. The van der Waals surface area contributed by atoms with Crippen LogP contribution in [0.1, 0.15) is 30.8 Å². The first-order valence-electron chi connectivity index (χ1n) is 6.50. The molecule has 0 unspecified atom stereocenters. The molecule has 1 aromatic rings. The van der Waals surface area contributed by atoms with Crippen molar-refractivity contribution in [3.8, 4) is 0 Å². The topological polar surface area (TPSA) is 37.3 Å². The molecule has 100 valence electrons. The second-order valence-electron chi connectivity index (χ2n) is 4.84.